The SMILES string of the molecule is O=C(NNC(=O)C1CCN(c2cnccn2)CC1)c1cc2c(s1)CCCCC2. The van der Waals surface area contributed by atoms with Gasteiger partial charge >= 0.3 is 0 Å². The first-order valence-electron chi connectivity index (χ1n) is 9.93. The van der Waals surface area contributed by atoms with Crippen LogP contribution in [0, 0.1) is 5.92 Å². The maximum Gasteiger partial charge on any atom is 0.279 e. The summed E-state index contributed by atoms with van der Waals surface area (Å²) in [5.41, 5.74) is 6.52. The molecule has 2 aromatic heterocycles. The Morgan fingerprint density at radius 1 is 1.07 bits per heavy atom. The molecule has 4 rings (SSSR count). The zero-order valence-corrected chi connectivity index (χ0v) is 16.6. The van der Waals surface area contributed by atoms with Crippen LogP contribution >= 0.6 is 11.3 Å². The predicted octanol–water partition coefficient (Wildman–Crippen LogP) is 2.48. The largest absolute Gasteiger partial charge is 0.355 e. The molecule has 2 amide bonds. The summed E-state index contributed by atoms with van der Waals surface area (Å²) in [5, 5.41) is 0. The maximum absolute atomic E-state index is 12.4. The number of rotatable bonds is 3. The summed E-state index contributed by atoms with van der Waals surface area (Å²) in [6.07, 6.45) is 12.3. The van der Waals surface area contributed by atoms with Crippen molar-refractivity contribution < 1.29 is 9.59 Å². The normalized spacial score (nSPS) is 17.5. The van der Waals surface area contributed by atoms with Gasteiger partial charge in [-0.25, -0.2) is 4.98 Å². The first-order chi connectivity index (χ1) is 13.7. The smallest absolute Gasteiger partial charge is 0.279 e. The van der Waals surface area contributed by atoms with E-state index in [2.05, 4.69) is 25.7 Å². The Morgan fingerprint density at radius 3 is 2.68 bits per heavy atom. The van der Waals surface area contributed by atoms with Gasteiger partial charge < -0.3 is 4.90 Å². The summed E-state index contributed by atoms with van der Waals surface area (Å²) in [6, 6.07) is 1.99. The van der Waals surface area contributed by atoms with Crippen molar-refractivity contribution in [3.05, 3.63) is 40.0 Å². The molecule has 0 radical (unpaired) electrons. The number of nitrogens with one attached hydrogen (secondary N) is 2. The van der Waals surface area contributed by atoms with E-state index in [0.29, 0.717) is 4.88 Å². The molecule has 2 N–H and O–H groups in total. The van der Waals surface area contributed by atoms with Gasteiger partial charge in [-0.05, 0) is 50.2 Å². The fourth-order valence-corrected chi connectivity index (χ4v) is 5.04. The number of thiophene rings is 1. The molecule has 0 atom stereocenters. The van der Waals surface area contributed by atoms with Gasteiger partial charge in [0, 0.05) is 36.3 Å². The molecule has 148 valence electrons. The summed E-state index contributed by atoms with van der Waals surface area (Å²) in [6.45, 7) is 1.50. The molecular weight excluding hydrogens is 374 g/mol. The fourth-order valence-electron chi connectivity index (χ4n) is 3.89. The Labute approximate surface area is 168 Å². The first kappa shape index (κ1) is 18.9. The molecule has 28 heavy (non-hydrogen) atoms. The van der Waals surface area contributed by atoms with Crippen LogP contribution in [0.25, 0.3) is 0 Å². The first-order valence-corrected chi connectivity index (χ1v) is 10.7. The Hall–Kier alpha value is -2.48. The van der Waals surface area contributed by atoms with Gasteiger partial charge in [0.2, 0.25) is 5.91 Å². The highest BCUT2D eigenvalue weighted by molar-refractivity contribution is 7.14. The molecular formula is C20H25N5O2S. The van der Waals surface area contributed by atoms with Crippen molar-refractivity contribution in [1.82, 2.24) is 20.8 Å². The van der Waals surface area contributed by atoms with Gasteiger partial charge in [0.05, 0.1) is 11.1 Å². The number of carbonyl (C=O) groups is 2. The predicted molar refractivity (Wildman–Crippen MR) is 108 cm³/mol. The average molecular weight is 400 g/mol. The molecule has 0 bridgehead atoms. The topological polar surface area (TPSA) is 87.2 Å². The molecule has 3 heterocycles. The van der Waals surface area contributed by atoms with E-state index in [-0.39, 0.29) is 17.7 Å². The number of aryl methyl sites for hydroxylation is 2. The van der Waals surface area contributed by atoms with Crippen LogP contribution in [0.4, 0.5) is 5.82 Å². The minimum Gasteiger partial charge on any atom is -0.355 e. The zero-order chi connectivity index (χ0) is 19.3. The van der Waals surface area contributed by atoms with Crippen molar-refractivity contribution in [3.8, 4) is 0 Å². The monoisotopic (exact) mass is 399 g/mol. The van der Waals surface area contributed by atoms with Gasteiger partial charge in [-0.1, -0.05) is 6.42 Å². The number of hydrogen-bond donors (Lipinski definition) is 2. The highest BCUT2D eigenvalue weighted by atomic mass is 32.1. The lowest BCUT2D eigenvalue weighted by Gasteiger charge is -2.31. The molecule has 1 saturated heterocycles. The molecule has 0 aromatic carbocycles. The molecule has 1 fully saturated rings. The number of nitrogens with zero attached hydrogens (tertiary/aromatic N) is 3. The van der Waals surface area contributed by atoms with Gasteiger partial charge in [0.25, 0.3) is 5.91 Å². The minimum absolute atomic E-state index is 0.103. The van der Waals surface area contributed by atoms with Crippen LogP contribution in [-0.4, -0.2) is 34.9 Å². The second-order valence-electron chi connectivity index (χ2n) is 7.39. The minimum atomic E-state index is -0.219. The van der Waals surface area contributed by atoms with Crippen molar-refractivity contribution in [3.63, 3.8) is 0 Å². The van der Waals surface area contributed by atoms with Crippen LogP contribution in [-0.2, 0) is 17.6 Å². The van der Waals surface area contributed by atoms with Crippen molar-refractivity contribution >= 4 is 29.0 Å². The van der Waals surface area contributed by atoms with Gasteiger partial charge in [0.15, 0.2) is 0 Å². The number of carbonyl (C=O) groups excluding carboxylic acids is 2. The standard InChI is InChI=1S/C20H25N5O2S/c26-19(14-6-10-25(11-7-14)18-13-21-8-9-22-18)23-24-20(27)17-12-15-4-2-1-3-5-16(15)28-17/h8-9,12-14H,1-7,10-11H2,(H,23,26)(H,24,27). The third-order valence-electron chi connectivity index (χ3n) is 5.51. The quantitative estimate of drug-likeness (QED) is 0.612. The van der Waals surface area contributed by atoms with E-state index in [1.165, 1.54) is 29.7 Å². The van der Waals surface area contributed by atoms with Crippen LogP contribution in [0.15, 0.2) is 24.7 Å². The van der Waals surface area contributed by atoms with E-state index in [1.807, 2.05) is 6.07 Å². The Kier molecular flexibility index (Phi) is 5.85. The Balaban J connectivity index is 1.26. The van der Waals surface area contributed by atoms with Crippen LogP contribution < -0.4 is 15.8 Å². The summed E-state index contributed by atoms with van der Waals surface area (Å²) in [5.74, 6) is 0.397. The number of fused-ring (bicyclic) bond motifs is 1. The molecule has 1 aliphatic carbocycles. The number of piperidine rings is 1. The van der Waals surface area contributed by atoms with E-state index in [1.54, 1.807) is 29.9 Å². The zero-order valence-electron chi connectivity index (χ0n) is 15.8. The maximum atomic E-state index is 12.4. The third kappa shape index (κ3) is 4.32. The van der Waals surface area contributed by atoms with E-state index < -0.39 is 0 Å². The molecule has 0 unspecified atom stereocenters. The van der Waals surface area contributed by atoms with E-state index in [9.17, 15) is 9.59 Å². The lowest BCUT2D eigenvalue weighted by Crippen LogP contribution is -2.47. The van der Waals surface area contributed by atoms with Gasteiger partial charge in [0.1, 0.15) is 5.82 Å². The van der Waals surface area contributed by atoms with Crippen LogP contribution in [0.1, 0.15) is 52.2 Å². The number of amides is 2. The highest BCUT2D eigenvalue weighted by Gasteiger charge is 2.26. The lowest BCUT2D eigenvalue weighted by molar-refractivity contribution is -0.126. The molecule has 2 aromatic rings. The van der Waals surface area contributed by atoms with E-state index >= 15 is 0 Å². The molecule has 0 spiro atoms. The van der Waals surface area contributed by atoms with Gasteiger partial charge in [-0.15, -0.1) is 11.3 Å². The van der Waals surface area contributed by atoms with Crippen molar-refractivity contribution in [2.45, 2.75) is 44.9 Å². The summed E-state index contributed by atoms with van der Waals surface area (Å²) in [4.78, 5) is 37.4. The average Bonchev–Trinajstić information content (AvgIpc) is 3.03. The Morgan fingerprint density at radius 2 is 1.89 bits per heavy atom. The van der Waals surface area contributed by atoms with Crippen LogP contribution in [0.5, 0.6) is 0 Å². The number of hydrazine groups is 1. The molecule has 2 aliphatic rings. The van der Waals surface area contributed by atoms with Crippen molar-refractivity contribution in [2.75, 3.05) is 18.0 Å². The van der Waals surface area contributed by atoms with E-state index in [0.717, 1.165) is 44.6 Å². The van der Waals surface area contributed by atoms with E-state index in [4.69, 9.17) is 0 Å². The molecule has 8 heteroatoms. The van der Waals surface area contributed by atoms with Gasteiger partial charge in [-0.3, -0.25) is 25.4 Å². The summed E-state index contributed by atoms with van der Waals surface area (Å²) < 4.78 is 0. The second kappa shape index (κ2) is 8.68. The van der Waals surface area contributed by atoms with Crippen molar-refractivity contribution in [1.29, 1.82) is 0 Å². The van der Waals surface area contributed by atoms with Gasteiger partial charge in [-0.2, -0.15) is 0 Å². The number of aromatic nitrogens is 2. The van der Waals surface area contributed by atoms with Crippen LogP contribution in [0.3, 0.4) is 0 Å². The molecule has 7 nitrogen and oxygen atoms in total. The second-order valence-corrected chi connectivity index (χ2v) is 8.52. The summed E-state index contributed by atoms with van der Waals surface area (Å²) >= 11 is 1.56. The Bertz CT molecular complexity index is 807. The number of anilines is 1. The van der Waals surface area contributed by atoms with Crippen LogP contribution in [0.2, 0.25) is 0 Å². The summed E-state index contributed by atoms with van der Waals surface area (Å²) in [7, 11) is 0. The molecule has 0 saturated carbocycles. The van der Waals surface area contributed by atoms with Crippen molar-refractivity contribution in [2.24, 2.45) is 5.92 Å². The lowest BCUT2D eigenvalue weighted by atomic mass is 9.96. The fraction of sp³-hybridized carbons (Fsp3) is 0.500. The highest BCUT2D eigenvalue weighted by Crippen LogP contribution is 2.29. The molecule has 1 aliphatic heterocycles. The third-order valence-corrected chi connectivity index (χ3v) is 6.74. The number of hydrogen-bond acceptors (Lipinski definition) is 6.